The number of carbonyl (C=O) groups is 4. The van der Waals surface area contributed by atoms with Crippen molar-refractivity contribution < 1.29 is 23.9 Å². The number of amides is 4. The fourth-order valence-corrected chi connectivity index (χ4v) is 6.80. The Hall–Kier alpha value is -5.81. The number of anilines is 1. The molecule has 0 radical (unpaired) electrons. The number of amidine groups is 1. The first-order valence-electron chi connectivity index (χ1n) is 16.9. The molecule has 11 nitrogen and oxygen atoms in total. The van der Waals surface area contributed by atoms with E-state index in [1.54, 1.807) is 30.0 Å². The van der Waals surface area contributed by atoms with Gasteiger partial charge in [-0.05, 0) is 78.3 Å². The number of nitrogens with zero attached hydrogens (tertiary/aromatic N) is 2. The van der Waals surface area contributed by atoms with Crippen LogP contribution in [-0.2, 0) is 20.9 Å². The Balaban J connectivity index is 0.818. The topological polar surface area (TPSA) is 155 Å². The maximum atomic E-state index is 12.9. The number of carbonyl (C=O) groups excluding carboxylic acids is 4. The second-order valence-corrected chi connectivity index (χ2v) is 12.8. The van der Waals surface area contributed by atoms with Gasteiger partial charge in [0, 0.05) is 23.7 Å². The molecule has 2 heterocycles. The first-order chi connectivity index (χ1) is 24.3. The van der Waals surface area contributed by atoms with E-state index in [9.17, 15) is 19.2 Å². The summed E-state index contributed by atoms with van der Waals surface area (Å²) in [6.07, 6.45) is 1.11. The second-order valence-electron chi connectivity index (χ2n) is 12.8. The summed E-state index contributed by atoms with van der Waals surface area (Å²) in [5.74, 6) is -0.307. The minimum Gasteiger partial charge on any atom is -0.449 e. The van der Waals surface area contributed by atoms with Gasteiger partial charge in [0.1, 0.15) is 18.5 Å². The van der Waals surface area contributed by atoms with Crippen LogP contribution in [0.15, 0.2) is 96.0 Å². The molecule has 0 bridgehead atoms. The summed E-state index contributed by atoms with van der Waals surface area (Å²) in [5, 5.41) is 8.30. The quantitative estimate of drug-likeness (QED) is 0.161. The van der Waals surface area contributed by atoms with Crippen molar-refractivity contribution in [2.75, 3.05) is 18.5 Å². The summed E-state index contributed by atoms with van der Waals surface area (Å²) in [6.45, 7) is 2.56. The molecule has 4 amide bonds. The Labute approximate surface area is 289 Å². The predicted octanol–water partition coefficient (Wildman–Crippen LogP) is 5.21. The molecular formula is C39H38N6O5. The van der Waals surface area contributed by atoms with Crippen LogP contribution in [0.2, 0.25) is 0 Å². The zero-order valence-corrected chi connectivity index (χ0v) is 27.6. The molecule has 0 unspecified atom stereocenters. The van der Waals surface area contributed by atoms with Crippen molar-refractivity contribution in [1.82, 2.24) is 15.5 Å². The lowest BCUT2D eigenvalue weighted by Gasteiger charge is -2.24. The summed E-state index contributed by atoms with van der Waals surface area (Å²) in [4.78, 5) is 57.4. The Morgan fingerprint density at radius 3 is 2.26 bits per heavy atom. The molecular weight excluding hydrogens is 632 g/mol. The van der Waals surface area contributed by atoms with Crippen LogP contribution in [0.3, 0.4) is 0 Å². The van der Waals surface area contributed by atoms with Gasteiger partial charge in [-0.3, -0.25) is 19.3 Å². The summed E-state index contributed by atoms with van der Waals surface area (Å²) in [5.41, 5.74) is 14.3. The molecule has 0 aromatic heterocycles. The van der Waals surface area contributed by atoms with Gasteiger partial charge in [0.15, 0.2) is 0 Å². The smallest absolute Gasteiger partial charge is 0.407 e. The number of hydrogen-bond donors (Lipinski definition) is 4. The van der Waals surface area contributed by atoms with E-state index in [-0.39, 0.29) is 18.4 Å². The highest BCUT2D eigenvalue weighted by Crippen LogP contribution is 2.44. The first kappa shape index (κ1) is 32.7. The number of fused-ring (bicyclic) bond motifs is 7. The number of ether oxygens (including phenoxy) is 1. The third kappa shape index (κ3) is 6.47. The molecule has 2 aliphatic heterocycles. The largest absolute Gasteiger partial charge is 0.449 e. The van der Waals surface area contributed by atoms with Crippen LogP contribution in [0.5, 0.6) is 0 Å². The number of nitrogens with one attached hydrogen (secondary N) is 3. The molecule has 1 aliphatic carbocycles. The minimum atomic E-state index is -0.834. The second kappa shape index (κ2) is 14.0. The van der Waals surface area contributed by atoms with Crippen molar-refractivity contribution >= 4 is 41.0 Å². The Kier molecular flexibility index (Phi) is 9.14. The number of hydrogen-bond acceptors (Lipinski definition) is 7. The van der Waals surface area contributed by atoms with E-state index in [1.807, 2.05) is 48.5 Å². The van der Waals surface area contributed by atoms with Crippen molar-refractivity contribution in [2.45, 2.75) is 50.7 Å². The van der Waals surface area contributed by atoms with Crippen LogP contribution in [-0.4, -0.2) is 59.8 Å². The van der Waals surface area contributed by atoms with Gasteiger partial charge in [0.2, 0.25) is 11.8 Å². The van der Waals surface area contributed by atoms with Crippen molar-refractivity contribution in [2.24, 2.45) is 10.7 Å². The predicted molar refractivity (Wildman–Crippen MR) is 190 cm³/mol. The zero-order valence-electron chi connectivity index (χ0n) is 27.6. The van der Waals surface area contributed by atoms with E-state index < -0.39 is 30.0 Å². The van der Waals surface area contributed by atoms with E-state index >= 15 is 0 Å². The van der Waals surface area contributed by atoms with Gasteiger partial charge >= 0.3 is 6.09 Å². The lowest BCUT2D eigenvalue weighted by Crippen LogP contribution is -2.48. The lowest BCUT2D eigenvalue weighted by molar-refractivity contribution is -0.127. The molecule has 2 atom stereocenters. The molecule has 4 aromatic carbocycles. The van der Waals surface area contributed by atoms with Crippen molar-refractivity contribution in [3.63, 3.8) is 0 Å². The van der Waals surface area contributed by atoms with E-state index in [0.717, 1.165) is 27.9 Å². The molecule has 50 heavy (non-hydrogen) atoms. The summed E-state index contributed by atoms with van der Waals surface area (Å²) >= 11 is 0. The van der Waals surface area contributed by atoms with Crippen molar-refractivity contribution in [3.05, 3.63) is 119 Å². The molecule has 0 spiro atoms. The van der Waals surface area contributed by atoms with Gasteiger partial charge < -0.3 is 26.4 Å². The van der Waals surface area contributed by atoms with Crippen LogP contribution in [0.4, 0.5) is 16.2 Å². The zero-order chi connectivity index (χ0) is 34.8. The van der Waals surface area contributed by atoms with Crippen LogP contribution < -0.4 is 21.7 Å². The number of benzene rings is 4. The van der Waals surface area contributed by atoms with E-state index in [2.05, 4.69) is 40.2 Å². The average Bonchev–Trinajstić information content (AvgIpc) is 3.60. The molecule has 11 heteroatoms. The highest BCUT2D eigenvalue weighted by atomic mass is 16.5. The Morgan fingerprint density at radius 1 is 0.880 bits per heavy atom. The number of rotatable bonds is 11. The van der Waals surface area contributed by atoms with Crippen LogP contribution in [0, 0.1) is 0 Å². The molecule has 254 valence electrons. The van der Waals surface area contributed by atoms with E-state index in [1.165, 1.54) is 11.1 Å². The van der Waals surface area contributed by atoms with Gasteiger partial charge in [-0.2, -0.15) is 0 Å². The van der Waals surface area contributed by atoms with E-state index in [0.29, 0.717) is 49.4 Å². The standard InChI is InChI=1S/C39H38N6O5/c1-23(36(46)43-25-17-18-34-24(20-25)21-45-35(44-34)30-14-6-7-15-31(30)38(45)48)42-37(47)33(40)16-8-9-19-41-39(49)50-22-32-28-12-4-2-10-26(28)27-11-3-5-13-29(27)32/h2-7,10-15,17-18,20,23,32-33H,8-9,16,19,21-22,40H2,1H3,(H,41,49)(H,42,47)(H,43,46)/t23-,33+/m1/s1. The van der Waals surface area contributed by atoms with Crippen LogP contribution >= 0.6 is 0 Å². The van der Waals surface area contributed by atoms with Crippen LogP contribution in [0.1, 0.15) is 64.7 Å². The highest BCUT2D eigenvalue weighted by Gasteiger charge is 2.36. The first-order valence-corrected chi connectivity index (χ1v) is 16.9. The summed E-state index contributed by atoms with van der Waals surface area (Å²) in [7, 11) is 0. The average molecular weight is 671 g/mol. The van der Waals surface area contributed by atoms with E-state index in [4.69, 9.17) is 15.5 Å². The summed E-state index contributed by atoms with van der Waals surface area (Å²) < 4.78 is 5.58. The molecule has 0 saturated carbocycles. The third-order valence-corrected chi connectivity index (χ3v) is 9.44. The molecule has 5 N–H and O–H groups in total. The summed E-state index contributed by atoms with van der Waals surface area (Å²) in [6, 6.07) is 27.5. The number of nitrogens with two attached hydrogens (primary N) is 1. The van der Waals surface area contributed by atoms with Gasteiger partial charge in [0.05, 0.1) is 23.8 Å². The van der Waals surface area contributed by atoms with Gasteiger partial charge in [-0.15, -0.1) is 0 Å². The lowest BCUT2D eigenvalue weighted by atomic mass is 9.98. The monoisotopic (exact) mass is 670 g/mol. The van der Waals surface area contributed by atoms with Crippen molar-refractivity contribution in [3.8, 4) is 11.1 Å². The number of aliphatic imine (C=N–C) groups is 1. The number of unbranched alkanes of at least 4 members (excludes halogenated alkanes) is 1. The highest BCUT2D eigenvalue weighted by molar-refractivity contribution is 6.24. The molecule has 4 aromatic rings. The number of alkyl carbamates (subject to hydrolysis) is 1. The molecule has 0 saturated heterocycles. The Bertz CT molecular complexity index is 1980. The van der Waals surface area contributed by atoms with Gasteiger partial charge in [-0.1, -0.05) is 66.7 Å². The molecule has 7 rings (SSSR count). The Morgan fingerprint density at radius 2 is 1.54 bits per heavy atom. The fourth-order valence-electron chi connectivity index (χ4n) is 6.80. The SMILES string of the molecule is C[C@@H](NC(=O)[C@@H](N)CCCCNC(=O)OCC1c2ccccc2-c2ccccc21)C(=O)Nc1ccc2c(c1)CN1C(=O)c3ccccc3C1=N2. The van der Waals surface area contributed by atoms with Gasteiger partial charge in [-0.25, -0.2) is 9.79 Å². The van der Waals surface area contributed by atoms with Crippen molar-refractivity contribution in [1.29, 1.82) is 0 Å². The maximum absolute atomic E-state index is 12.9. The third-order valence-electron chi connectivity index (χ3n) is 9.44. The normalized spacial score (nSPS) is 15.0. The minimum absolute atomic E-state index is 0.00819. The fraction of sp³-hybridized carbons (Fsp3) is 0.256. The molecule has 3 aliphatic rings. The molecule has 0 fully saturated rings. The maximum Gasteiger partial charge on any atom is 0.407 e. The van der Waals surface area contributed by atoms with Crippen LogP contribution in [0.25, 0.3) is 11.1 Å². The van der Waals surface area contributed by atoms with Gasteiger partial charge in [0.25, 0.3) is 5.91 Å².